The van der Waals surface area contributed by atoms with Crippen molar-refractivity contribution in [2.45, 2.75) is 13.1 Å². The number of benzene rings is 2. The van der Waals surface area contributed by atoms with Gasteiger partial charge in [0.1, 0.15) is 23.3 Å². The Morgan fingerprint density at radius 2 is 1.83 bits per heavy atom. The van der Waals surface area contributed by atoms with E-state index in [2.05, 4.69) is 9.97 Å². The van der Waals surface area contributed by atoms with Crippen LogP contribution in [0.3, 0.4) is 0 Å². The lowest BCUT2D eigenvalue weighted by atomic mass is 10.0. The molecule has 0 saturated heterocycles. The molecule has 4 aromatic rings. The molecule has 0 aliphatic carbocycles. The molecule has 2 aromatic carbocycles. The van der Waals surface area contributed by atoms with Crippen LogP contribution in [-0.2, 0) is 6.18 Å². The van der Waals surface area contributed by atoms with E-state index in [1.807, 2.05) is 13.0 Å². The summed E-state index contributed by atoms with van der Waals surface area (Å²) in [4.78, 5) is 20.4. The van der Waals surface area contributed by atoms with Gasteiger partial charge in [-0.3, -0.25) is 9.36 Å². The van der Waals surface area contributed by atoms with E-state index in [0.717, 1.165) is 11.9 Å². The smallest absolute Gasteiger partial charge is 0.431 e. The van der Waals surface area contributed by atoms with E-state index >= 15 is 0 Å². The van der Waals surface area contributed by atoms with Gasteiger partial charge in [0.2, 0.25) is 5.88 Å². The van der Waals surface area contributed by atoms with E-state index in [1.165, 1.54) is 13.2 Å². The van der Waals surface area contributed by atoms with Crippen molar-refractivity contribution in [3.8, 4) is 17.3 Å². The molecule has 148 valence electrons. The standard InChI is InChI=1S/C20H14F3N3O3/c1-10-4-3-5-12-11(10)6-7-14(29-2)17(12)26-15(20(21,22)23)8-13-16(19(26)28)24-9-25-18(13)27/h3-9H,1-2H3,(H,24,25,27). The predicted octanol–water partition coefficient (Wildman–Crippen LogP) is 3.98. The zero-order valence-electron chi connectivity index (χ0n) is 15.3. The van der Waals surface area contributed by atoms with Gasteiger partial charge in [0.15, 0.2) is 0 Å². The van der Waals surface area contributed by atoms with Gasteiger partial charge < -0.3 is 9.84 Å². The highest BCUT2D eigenvalue weighted by Gasteiger charge is 2.37. The molecule has 0 aliphatic rings. The number of hydrogen-bond acceptors (Lipinski definition) is 5. The molecule has 1 N–H and O–H groups in total. The van der Waals surface area contributed by atoms with E-state index in [1.54, 1.807) is 18.2 Å². The predicted molar refractivity (Wildman–Crippen MR) is 101 cm³/mol. The number of alkyl halides is 3. The van der Waals surface area contributed by atoms with Gasteiger partial charge in [-0.25, -0.2) is 9.97 Å². The van der Waals surface area contributed by atoms with Crippen molar-refractivity contribution in [3.63, 3.8) is 0 Å². The summed E-state index contributed by atoms with van der Waals surface area (Å²) in [6.45, 7) is 1.82. The molecule has 0 bridgehead atoms. The van der Waals surface area contributed by atoms with Crippen LogP contribution >= 0.6 is 0 Å². The molecule has 2 heterocycles. The molecule has 0 atom stereocenters. The molecule has 2 aromatic heterocycles. The van der Waals surface area contributed by atoms with Crippen molar-refractivity contribution in [1.29, 1.82) is 0 Å². The van der Waals surface area contributed by atoms with Crippen molar-refractivity contribution < 1.29 is 23.0 Å². The summed E-state index contributed by atoms with van der Waals surface area (Å²) in [5.74, 6) is -0.612. The topological polar surface area (TPSA) is 77.2 Å². The third-order valence-corrected chi connectivity index (χ3v) is 4.74. The average Bonchev–Trinajstić information content (AvgIpc) is 2.67. The van der Waals surface area contributed by atoms with E-state index in [9.17, 15) is 23.1 Å². The minimum absolute atomic E-state index is 0.0500. The average molecular weight is 401 g/mol. The maximum Gasteiger partial charge on any atom is 0.431 e. The zero-order chi connectivity index (χ0) is 20.9. The zero-order valence-corrected chi connectivity index (χ0v) is 15.3. The highest BCUT2D eigenvalue weighted by atomic mass is 19.4. The summed E-state index contributed by atoms with van der Waals surface area (Å²) >= 11 is 0. The fourth-order valence-electron chi connectivity index (χ4n) is 3.41. The SMILES string of the molecule is COc1ccc2c(C)cccc2c1-n1c(C(F)(F)F)cc2c(O)ncnc2c1=O. The van der Waals surface area contributed by atoms with Gasteiger partial charge in [0.25, 0.3) is 5.56 Å². The van der Waals surface area contributed by atoms with Crippen molar-refractivity contribution >= 4 is 21.7 Å². The van der Waals surface area contributed by atoms with Crippen molar-refractivity contribution in [2.24, 2.45) is 0 Å². The summed E-state index contributed by atoms with van der Waals surface area (Å²) < 4.78 is 47.7. The van der Waals surface area contributed by atoms with Crippen LogP contribution in [0.25, 0.3) is 27.4 Å². The summed E-state index contributed by atoms with van der Waals surface area (Å²) in [6, 6.07) is 9.03. The first-order valence-electron chi connectivity index (χ1n) is 8.47. The van der Waals surface area contributed by atoms with Gasteiger partial charge in [-0.05, 0) is 30.0 Å². The number of aromatic hydroxyl groups is 1. The molecule has 6 nitrogen and oxygen atoms in total. The Balaban J connectivity index is 2.28. The normalized spacial score (nSPS) is 11.9. The molecular formula is C20H14F3N3O3. The number of pyridine rings is 1. The van der Waals surface area contributed by atoms with Crippen LogP contribution in [0.2, 0.25) is 0 Å². The molecule has 0 amide bonds. The summed E-state index contributed by atoms with van der Waals surface area (Å²) in [7, 11) is 1.31. The lowest BCUT2D eigenvalue weighted by Gasteiger charge is -2.20. The Morgan fingerprint density at radius 1 is 1.07 bits per heavy atom. The molecular weight excluding hydrogens is 387 g/mol. The fourth-order valence-corrected chi connectivity index (χ4v) is 3.41. The molecule has 9 heteroatoms. The molecule has 29 heavy (non-hydrogen) atoms. The summed E-state index contributed by atoms with van der Waals surface area (Å²) in [6.07, 6.45) is -3.98. The first-order chi connectivity index (χ1) is 13.7. The van der Waals surface area contributed by atoms with Crippen molar-refractivity contribution in [3.05, 3.63) is 64.3 Å². The third-order valence-electron chi connectivity index (χ3n) is 4.74. The second kappa shape index (κ2) is 6.47. The number of ether oxygens (including phenoxy) is 1. The fraction of sp³-hybridized carbons (Fsp3) is 0.150. The number of halogens is 3. The van der Waals surface area contributed by atoms with E-state index in [0.29, 0.717) is 21.4 Å². The molecule has 0 aliphatic heterocycles. The Kier molecular flexibility index (Phi) is 4.18. The van der Waals surface area contributed by atoms with Gasteiger partial charge >= 0.3 is 6.18 Å². The number of aryl methyl sites for hydroxylation is 1. The van der Waals surface area contributed by atoms with E-state index in [-0.39, 0.29) is 22.3 Å². The minimum Gasteiger partial charge on any atom is -0.495 e. The Hall–Kier alpha value is -3.62. The van der Waals surface area contributed by atoms with Crippen LogP contribution in [0.15, 0.2) is 47.5 Å². The summed E-state index contributed by atoms with van der Waals surface area (Å²) in [5, 5.41) is 10.6. The first-order valence-corrected chi connectivity index (χ1v) is 8.47. The number of rotatable bonds is 2. The quantitative estimate of drug-likeness (QED) is 0.550. The number of methoxy groups -OCH3 is 1. The van der Waals surface area contributed by atoms with Crippen LogP contribution < -0.4 is 10.3 Å². The highest BCUT2D eigenvalue weighted by Crippen LogP contribution is 2.38. The van der Waals surface area contributed by atoms with Gasteiger partial charge in [-0.1, -0.05) is 24.3 Å². The van der Waals surface area contributed by atoms with Gasteiger partial charge in [0.05, 0.1) is 18.2 Å². The maximum atomic E-state index is 14.0. The Labute approximate surface area is 161 Å². The molecule has 0 spiro atoms. The highest BCUT2D eigenvalue weighted by molar-refractivity contribution is 5.95. The van der Waals surface area contributed by atoms with Crippen LogP contribution in [0.1, 0.15) is 11.3 Å². The van der Waals surface area contributed by atoms with Gasteiger partial charge in [-0.2, -0.15) is 13.2 Å². The van der Waals surface area contributed by atoms with Crippen molar-refractivity contribution in [1.82, 2.24) is 14.5 Å². The molecule has 0 fully saturated rings. The lowest BCUT2D eigenvalue weighted by Crippen LogP contribution is -2.28. The lowest BCUT2D eigenvalue weighted by molar-refractivity contribution is -0.142. The number of nitrogens with zero attached hydrogens (tertiary/aromatic N) is 3. The van der Waals surface area contributed by atoms with Crippen LogP contribution in [-0.4, -0.2) is 26.8 Å². The first kappa shape index (κ1) is 18.7. The summed E-state index contributed by atoms with van der Waals surface area (Å²) in [5.41, 5.74) is -1.87. The monoisotopic (exact) mass is 401 g/mol. The number of aromatic nitrogens is 3. The number of hydrogen-bond donors (Lipinski definition) is 1. The van der Waals surface area contributed by atoms with Gasteiger partial charge in [-0.15, -0.1) is 0 Å². The van der Waals surface area contributed by atoms with Crippen LogP contribution in [0.4, 0.5) is 13.2 Å². The Morgan fingerprint density at radius 3 is 2.52 bits per heavy atom. The van der Waals surface area contributed by atoms with Crippen LogP contribution in [0, 0.1) is 6.92 Å². The molecule has 0 unspecified atom stereocenters. The minimum atomic E-state index is -4.90. The van der Waals surface area contributed by atoms with Crippen molar-refractivity contribution in [2.75, 3.05) is 7.11 Å². The molecule has 0 saturated carbocycles. The maximum absolute atomic E-state index is 14.0. The molecule has 0 radical (unpaired) electrons. The second-order valence-electron chi connectivity index (χ2n) is 6.41. The Bertz CT molecular complexity index is 1330. The molecule has 4 rings (SSSR count). The van der Waals surface area contributed by atoms with Crippen LogP contribution in [0.5, 0.6) is 11.6 Å². The van der Waals surface area contributed by atoms with Gasteiger partial charge in [0, 0.05) is 5.39 Å². The largest absolute Gasteiger partial charge is 0.495 e. The third kappa shape index (κ3) is 2.86. The number of fused-ring (bicyclic) bond motifs is 2. The van der Waals surface area contributed by atoms with E-state index < -0.39 is 23.3 Å². The second-order valence-corrected chi connectivity index (χ2v) is 6.41. The van der Waals surface area contributed by atoms with E-state index in [4.69, 9.17) is 4.74 Å².